The summed E-state index contributed by atoms with van der Waals surface area (Å²) in [5.41, 5.74) is 0. The van der Waals surface area contributed by atoms with Crippen molar-refractivity contribution in [1.29, 1.82) is 0 Å². The number of carbonyl (C=O) groups is 1. The second-order valence-electron chi connectivity index (χ2n) is 1.74. The Balaban J connectivity index is 0.000000561. The van der Waals surface area contributed by atoms with Crippen molar-refractivity contribution >= 4 is 6.79 Å². The van der Waals surface area contributed by atoms with Crippen LogP contribution in [-0.2, 0) is 4.79 Å². The Bertz CT molecular complexity index is 208. The highest BCUT2D eigenvalue weighted by atomic mass is 16.5. The standard InChI is InChI=1S/C7H9NO2.CH2O/c1-9-6-3-4-8-7(5-6)10-2;1-2/h3-5H,1-2H3;1H2. The first-order chi connectivity index (χ1) is 5.86. The summed E-state index contributed by atoms with van der Waals surface area (Å²) >= 11 is 0. The van der Waals surface area contributed by atoms with Crippen LogP contribution in [0.3, 0.4) is 0 Å². The van der Waals surface area contributed by atoms with E-state index < -0.39 is 0 Å². The van der Waals surface area contributed by atoms with Gasteiger partial charge < -0.3 is 14.3 Å². The molecule has 0 aliphatic rings. The minimum atomic E-state index is 0.569. The molecule has 1 heterocycles. The maximum Gasteiger partial charge on any atom is 0.216 e. The van der Waals surface area contributed by atoms with Crippen molar-refractivity contribution in [3.05, 3.63) is 18.3 Å². The molecule has 0 bridgehead atoms. The maximum atomic E-state index is 8.00. The Labute approximate surface area is 71.1 Å². The molecule has 0 saturated heterocycles. The van der Waals surface area contributed by atoms with E-state index in [2.05, 4.69) is 4.98 Å². The van der Waals surface area contributed by atoms with E-state index in [1.54, 1.807) is 32.5 Å². The van der Waals surface area contributed by atoms with Crippen molar-refractivity contribution in [2.75, 3.05) is 14.2 Å². The van der Waals surface area contributed by atoms with Gasteiger partial charge in [0.15, 0.2) is 0 Å². The molecule has 0 aromatic carbocycles. The molecule has 0 amide bonds. The average molecular weight is 169 g/mol. The molecule has 0 aliphatic carbocycles. The van der Waals surface area contributed by atoms with Crippen LogP contribution in [-0.4, -0.2) is 26.0 Å². The van der Waals surface area contributed by atoms with Crippen LogP contribution in [0.2, 0.25) is 0 Å². The number of methoxy groups -OCH3 is 2. The molecule has 0 spiro atoms. The van der Waals surface area contributed by atoms with Crippen molar-refractivity contribution in [2.45, 2.75) is 0 Å². The number of pyridine rings is 1. The molecule has 4 nitrogen and oxygen atoms in total. The summed E-state index contributed by atoms with van der Waals surface area (Å²) < 4.78 is 9.80. The fourth-order valence-electron chi connectivity index (χ4n) is 0.630. The first-order valence-electron chi connectivity index (χ1n) is 3.19. The minimum Gasteiger partial charge on any atom is -0.497 e. The summed E-state index contributed by atoms with van der Waals surface area (Å²) in [4.78, 5) is 11.9. The third-order valence-electron chi connectivity index (χ3n) is 1.15. The molecular weight excluding hydrogens is 158 g/mol. The lowest BCUT2D eigenvalue weighted by molar-refractivity contribution is -0.0979. The Kier molecular flexibility index (Phi) is 5.34. The summed E-state index contributed by atoms with van der Waals surface area (Å²) in [6, 6.07) is 3.49. The summed E-state index contributed by atoms with van der Waals surface area (Å²) in [5, 5.41) is 0. The lowest BCUT2D eigenvalue weighted by Crippen LogP contribution is -1.88. The predicted octanol–water partition coefficient (Wildman–Crippen LogP) is 0.914. The molecule has 0 fully saturated rings. The Morgan fingerprint density at radius 2 is 2.00 bits per heavy atom. The van der Waals surface area contributed by atoms with Crippen LogP contribution in [0.4, 0.5) is 0 Å². The quantitative estimate of drug-likeness (QED) is 0.660. The van der Waals surface area contributed by atoms with Gasteiger partial charge >= 0.3 is 0 Å². The van der Waals surface area contributed by atoms with Gasteiger partial charge in [-0.15, -0.1) is 0 Å². The smallest absolute Gasteiger partial charge is 0.216 e. The van der Waals surface area contributed by atoms with E-state index in [0.717, 1.165) is 5.75 Å². The SMILES string of the molecule is C=O.COc1ccnc(OC)c1. The molecule has 1 aromatic heterocycles. The molecule has 12 heavy (non-hydrogen) atoms. The van der Waals surface area contributed by atoms with Crippen LogP contribution in [0.1, 0.15) is 0 Å². The Morgan fingerprint density at radius 1 is 1.33 bits per heavy atom. The largest absolute Gasteiger partial charge is 0.497 e. The molecule has 4 heteroatoms. The third kappa shape index (κ3) is 3.01. The fourth-order valence-corrected chi connectivity index (χ4v) is 0.630. The van der Waals surface area contributed by atoms with E-state index in [0.29, 0.717) is 5.88 Å². The molecule has 1 aromatic rings. The van der Waals surface area contributed by atoms with E-state index in [9.17, 15) is 0 Å². The lowest BCUT2D eigenvalue weighted by Gasteiger charge is -2.00. The number of aromatic nitrogens is 1. The molecule has 1 rings (SSSR count). The number of hydrogen-bond acceptors (Lipinski definition) is 4. The number of rotatable bonds is 2. The van der Waals surface area contributed by atoms with Gasteiger partial charge in [0.25, 0.3) is 0 Å². The number of carbonyl (C=O) groups excluding carboxylic acids is 1. The first-order valence-corrected chi connectivity index (χ1v) is 3.19. The monoisotopic (exact) mass is 169 g/mol. The summed E-state index contributed by atoms with van der Waals surface area (Å²) in [5.74, 6) is 1.33. The van der Waals surface area contributed by atoms with Gasteiger partial charge in [-0.3, -0.25) is 0 Å². The second kappa shape index (κ2) is 6.15. The number of ether oxygens (including phenoxy) is 2. The predicted molar refractivity (Wildman–Crippen MR) is 44.5 cm³/mol. The van der Waals surface area contributed by atoms with E-state index in [4.69, 9.17) is 14.3 Å². The highest BCUT2D eigenvalue weighted by Gasteiger charge is 1.93. The summed E-state index contributed by atoms with van der Waals surface area (Å²) in [6.07, 6.45) is 1.64. The Hall–Kier alpha value is -1.58. The van der Waals surface area contributed by atoms with Crippen molar-refractivity contribution in [2.24, 2.45) is 0 Å². The minimum absolute atomic E-state index is 0.569. The molecule has 0 radical (unpaired) electrons. The average Bonchev–Trinajstić information content (AvgIpc) is 2.21. The zero-order valence-electron chi connectivity index (χ0n) is 7.11. The van der Waals surface area contributed by atoms with Gasteiger partial charge in [-0.2, -0.15) is 0 Å². The van der Waals surface area contributed by atoms with Crippen molar-refractivity contribution in [1.82, 2.24) is 4.98 Å². The second-order valence-corrected chi connectivity index (χ2v) is 1.74. The van der Waals surface area contributed by atoms with E-state index in [1.165, 1.54) is 0 Å². The van der Waals surface area contributed by atoms with Gasteiger partial charge in [-0.25, -0.2) is 4.98 Å². The molecule has 0 N–H and O–H groups in total. The van der Waals surface area contributed by atoms with Gasteiger partial charge in [-0.1, -0.05) is 0 Å². The first kappa shape index (κ1) is 10.4. The van der Waals surface area contributed by atoms with Crippen LogP contribution in [0.15, 0.2) is 18.3 Å². The van der Waals surface area contributed by atoms with Crippen LogP contribution >= 0.6 is 0 Å². The zero-order valence-corrected chi connectivity index (χ0v) is 7.11. The highest BCUT2D eigenvalue weighted by molar-refractivity contribution is 5.25. The van der Waals surface area contributed by atoms with Crippen LogP contribution in [0.5, 0.6) is 11.6 Å². The fraction of sp³-hybridized carbons (Fsp3) is 0.250. The van der Waals surface area contributed by atoms with Crippen LogP contribution < -0.4 is 9.47 Å². The van der Waals surface area contributed by atoms with Gasteiger partial charge in [0.2, 0.25) is 5.88 Å². The normalized spacial score (nSPS) is 7.83. The van der Waals surface area contributed by atoms with E-state index in [-0.39, 0.29) is 0 Å². The van der Waals surface area contributed by atoms with Crippen molar-refractivity contribution < 1.29 is 14.3 Å². The summed E-state index contributed by atoms with van der Waals surface area (Å²) in [6.45, 7) is 2.00. The zero-order chi connectivity index (χ0) is 9.40. The molecule has 0 unspecified atom stereocenters. The molecule has 0 atom stereocenters. The van der Waals surface area contributed by atoms with Crippen molar-refractivity contribution in [3.8, 4) is 11.6 Å². The molecule has 0 aliphatic heterocycles. The van der Waals surface area contributed by atoms with Gasteiger partial charge in [0.05, 0.1) is 14.2 Å². The van der Waals surface area contributed by atoms with Gasteiger partial charge in [-0.05, 0) is 6.07 Å². The number of hydrogen-bond donors (Lipinski definition) is 0. The van der Waals surface area contributed by atoms with E-state index in [1.807, 2.05) is 6.79 Å². The van der Waals surface area contributed by atoms with Crippen molar-refractivity contribution in [3.63, 3.8) is 0 Å². The Morgan fingerprint density at radius 3 is 2.50 bits per heavy atom. The third-order valence-corrected chi connectivity index (χ3v) is 1.15. The highest BCUT2D eigenvalue weighted by Crippen LogP contribution is 2.14. The lowest BCUT2D eigenvalue weighted by atomic mass is 10.4. The van der Waals surface area contributed by atoms with E-state index >= 15 is 0 Å². The van der Waals surface area contributed by atoms with Gasteiger partial charge in [0.1, 0.15) is 12.5 Å². The van der Waals surface area contributed by atoms with Gasteiger partial charge in [0, 0.05) is 12.3 Å². The molecular formula is C8H11NO3. The van der Waals surface area contributed by atoms with Crippen LogP contribution in [0.25, 0.3) is 0 Å². The molecule has 0 saturated carbocycles. The molecule has 66 valence electrons. The summed E-state index contributed by atoms with van der Waals surface area (Å²) in [7, 11) is 3.18. The maximum absolute atomic E-state index is 8.00. The topological polar surface area (TPSA) is 48.4 Å². The number of nitrogens with zero attached hydrogens (tertiary/aromatic N) is 1. The van der Waals surface area contributed by atoms with Crippen LogP contribution in [0, 0.1) is 0 Å².